The van der Waals surface area contributed by atoms with Gasteiger partial charge in [0, 0.05) is 38.1 Å². The molecule has 2 aromatic carbocycles. The smallest absolute Gasteiger partial charge is 0.142 e. The van der Waals surface area contributed by atoms with Crippen molar-refractivity contribution in [2.24, 2.45) is 5.92 Å². The van der Waals surface area contributed by atoms with Crippen LogP contribution in [0.2, 0.25) is 0 Å². The van der Waals surface area contributed by atoms with Crippen LogP contribution in [-0.2, 0) is 6.54 Å². The van der Waals surface area contributed by atoms with Crippen molar-refractivity contribution in [3.05, 3.63) is 84.1 Å². The fraction of sp³-hybridized carbons (Fsp3) is 0.500. The third kappa shape index (κ3) is 6.59. The Morgan fingerprint density at radius 2 is 1.71 bits per heavy atom. The van der Waals surface area contributed by atoms with E-state index in [1.54, 1.807) is 25.5 Å². The Morgan fingerprint density at radius 1 is 0.947 bits per heavy atom. The summed E-state index contributed by atoms with van der Waals surface area (Å²) >= 11 is 0. The maximum absolute atomic E-state index is 15.3. The fourth-order valence-electron chi connectivity index (χ4n) is 6.49. The fourth-order valence-corrected chi connectivity index (χ4v) is 6.49. The molecule has 1 aliphatic carbocycles. The van der Waals surface area contributed by atoms with Crippen LogP contribution >= 0.6 is 0 Å². The van der Waals surface area contributed by atoms with Crippen LogP contribution in [-0.4, -0.2) is 50.8 Å². The maximum Gasteiger partial charge on any atom is 0.142 e. The molecule has 6 heteroatoms. The monoisotopic (exact) mass is 519 g/mol. The molecule has 1 aromatic heterocycles. The number of rotatable bonds is 11. The van der Waals surface area contributed by atoms with Crippen molar-refractivity contribution in [2.45, 2.75) is 57.0 Å². The zero-order valence-corrected chi connectivity index (χ0v) is 22.7. The first-order valence-electron chi connectivity index (χ1n) is 14.3. The first-order chi connectivity index (χ1) is 18.7. The molecule has 0 amide bonds. The Balaban J connectivity index is 1.29. The second-order valence-electron chi connectivity index (χ2n) is 10.8. The summed E-state index contributed by atoms with van der Waals surface area (Å²) < 4.78 is 26.5. The standard InChI is InChI=1S/C32H42FN3O2/c1-37-31-16-8-7-15-30(31)36-21-19-35(20-22-36)18-17-28(27-13-5-6-14-29(27)33)32(25-10-3-2-4-11-25)34-24-26-12-9-23-38-26/h5-9,12-16,23,25,28,32,34H,2-4,10-11,17-22,24H2,1H3. The molecule has 2 heterocycles. The molecule has 0 bridgehead atoms. The lowest BCUT2D eigenvalue weighted by Crippen LogP contribution is -2.48. The summed E-state index contributed by atoms with van der Waals surface area (Å²) in [5, 5.41) is 3.85. The molecule has 1 saturated carbocycles. The van der Waals surface area contributed by atoms with Crippen LogP contribution in [0.1, 0.15) is 55.8 Å². The van der Waals surface area contributed by atoms with Crippen molar-refractivity contribution in [3.63, 3.8) is 0 Å². The zero-order valence-electron chi connectivity index (χ0n) is 22.7. The molecule has 1 saturated heterocycles. The van der Waals surface area contributed by atoms with Gasteiger partial charge >= 0.3 is 0 Å². The van der Waals surface area contributed by atoms with Gasteiger partial charge in [0.2, 0.25) is 0 Å². The topological polar surface area (TPSA) is 40.9 Å². The Kier molecular flexibility index (Phi) is 9.37. The van der Waals surface area contributed by atoms with Crippen molar-refractivity contribution in [1.29, 1.82) is 0 Å². The average molecular weight is 520 g/mol. The summed E-state index contributed by atoms with van der Waals surface area (Å²) in [5.74, 6) is 2.44. The van der Waals surface area contributed by atoms with Gasteiger partial charge in [-0.15, -0.1) is 0 Å². The predicted molar refractivity (Wildman–Crippen MR) is 151 cm³/mol. The highest BCUT2D eigenvalue weighted by atomic mass is 19.1. The number of benzene rings is 2. The predicted octanol–water partition coefficient (Wildman–Crippen LogP) is 6.46. The Hall–Kier alpha value is -2.83. The van der Waals surface area contributed by atoms with E-state index in [4.69, 9.17) is 9.15 Å². The number of para-hydroxylation sites is 2. The number of methoxy groups -OCH3 is 1. The molecule has 2 atom stereocenters. The summed E-state index contributed by atoms with van der Waals surface area (Å²) in [6, 6.07) is 19.9. The van der Waals surface area contributed by atoms with Crippen molar-refractivity contribution < 1.29 is 13.5 Å². The highest BCUT2D eigenvalue weighted by Crippen LogP contribution is 2.37. The largest absolute Gasteiger partial charge is 0.495 e. The number of nitrogens with zero attached hydrogens (tertiary/aromatic N) is 2. The van der Waals surface area contributed by atoms with Crippen LogP contribution in [0.5, 0.6) is 5.75 Å². The molecule has 5 rings (SSSR count). The van der Waals surface area contributed by atoms with Gasteiger partial charge < -0.3 is 19.4 Å². The minimum Gasteiger partial charge on any atom is -0.495 e. The van der Waals surface area contributed by atoms with Crippen LogP contribution in [0.4, 0.5) is 10.1 Å². The molecule has 5 nitrogen and oxygen atoms in total. The molecular formula is C32H42FN3O2. The number of anilines is 1. The first kappa shape index (κ1) is 26.8. The van der Waals surface area contributed by atoms with Crippen molar-refractivity contribution >= 4 is 5.69 Å². The minimum absolute atomic E-state index is 0.0842. The number of ether oxygens (including phenoxy) is 1. The number of furan rings is 1. The van der Waals surface area contributed by atoms with E-state index < -0.39 is 0 Å². The molecular weight excluding hydrogens is 477 g/mol. The normalized spacial score (nSPS) is 18.8. The Morgan fingerprint density at radius 3 is 2.45 bits per heavy atom. The van der Waals surface area contributed by atoms with Crippen LogP contribution in [0.3, 0.4) is 0 Å². The number of halogens is 1. The van der Waals surface area contributed by atoms with Crippen molar-refractivity contribution in [2.75, 3.05) is 44.7 Å². The lowest BCUT2D eigenvalue weighted by atomic mass is 9.75. The molecule has 0 spiro atoms. The van der Waals surface area contributed by atoms with Crippen molar-refractivity contribution in [1.82, 2.24) is 10.2 Å². The molecule has 204 valence electrons. The lowest BCUT2D eigenvalue weighted by molar-refractivity contribution is 0.199. The van der Waals surface area contributed by atoms with E-state index >= 15 is 4.39 Å². The van der Waals surface area contributed by atoms with E-state index in [2.05, 4.69) is 27.2 Å². The number of nitrogens with one attached hydrogen (secondary N) is 1. The molecule has 2 unspecified atom stereocenters. The number of hydrogen-bond acceptors (Lipinski definition) is 5. The third-order valence-electron chi connectivity index (χ3n) is 8.54. The van der Waals surface area contributed by atoms with E-state index in [-0.39, 0.29) is 17.8 Å². The molecule has 2 fully saturated rings. The average Bonchev–Trinajstić information content (AvgIpc) is 3.50. The van der Waals surface area contributed by atoms with Crippen LogP contribution < -0.4 is 15.0 Å². The van der Waals surface area contributed by atoms with Crippen molar-refractivity contribution in [3.8, 4) is 5.75 Å². The van der Waals surface area contributed by atoms with Gasteiger partial charge in [-0.3, -0.25) is 4.90 Å². The van der Waals surface area contributed by atoms with Gasteiger partial charge in [0.25, 0.3) is 0 Å². The SMILES string of the molecule is COc1ccccc1N1CCN(CCC(c2ccccc2F)C(NCc2ccco2)C2CCCCC2)CC1. The van der Waals surface area contributed by atoms with Crippen LogP contribution in [0.25, 0.3) is 0 Å². The van der Waals surface area contributed by atoms with Gasteiger partial charge in [0.15, 0.2) is 0 Å². The molecule has 38 heavy (non-hydrogen) atoms. The molecule has 3 aromatic rings. The van der Waals surface area contributed by atoms with Gasteiger partial charge in [-0.25, -0.2) is 4.39 Å². The van der Waals surface area contributed by atoms with Crippen LogP contribution in [0.15, 0.2) is 71.3 Å². The van der Waals surface area contributed by atoms with Gasteiger partial charge in [-0.2, -0.15) is 0 Å². The molecule has 0 radical (unpaired) electrons. The Bertz CT molecular complexity index is 1110. The second kappa shape index (κ2) is 13.3. The Labute approximate surface area is 227 Å². The van der Waals surface area contributed by atoms with Crippen LogP contribution in [0, 0.1) is 11.7 Å². The van der Waals surface area contributed by atoms with Gasteiger partial charge in [-0.1, -0.05) is 49.6 Å². The maximum atomic E-state index is 15.3. The van der Waals surface area contributed by atoms with Gasteiger partial charge in [-0.05, 0) is 67.6 Å². The summed E-state index contributed by atoms with van der Waals surface area (Å²) in [7, 11) is 1.74. The quantitative estimate of drug-likeness (QED) is 0.315. The van der Waals surface area contributed by atoms with E-state index in [1.807, 2.05) is 36.4 Å². The highest BCUT2D eigenvalue weighted by Gasteiger charge is 2.33. The minimum atomic E-state index is -0.0842. The molecule has 1 N–H and O–H groups in total. The summed E-state index contributed by atoms with van der Waals surface area (Å²) in [6.45, 7) is 5.56. The summed E-state index contributed by atoms with van der Waals surface area (Å²) in [4.78, 5) is 4.96. The van der Waals surface area contributed by atoms with Gasteiger partial charge in [0.05, 0.1) is 25.6 Å². The molecule has 1 aliphatic heterocycles. The molecule has 2 aliphatic rings. The van der Waals surface area contributed by atoms with E-state index in [0.29, 0.717) is 12.5 Å². The second-order valence-corrected chi connectivity index (χ2v) is 10.8. The number of hydrogen-bond donors (Lipinski definition) is 1. The summed E-state index contributed by atoms with van der Waals surface area (Å²) in [6.07, 6.45) is 8.91. The van der Waals surface area contributed by atoms with Gasteiger partial charge in [0.1, 0.15) is 17.3 Å². The highest BCUT2D eigenvalue weighted by molar-refractivity contribution is 5.58. The van der Waals surface area contributed by atoms with E-state index in [1.165, 1.54) is 37.8 Å². The first-order valence-corrected chi connectivity index (χ1v) is 14.3. The van der Waals surface area contributed by atoms with E-state index in [9.17, 15) is 0 Å². The zero-order chi connectivity index (χ0) is 26.2. The van der Waals surface area contributed by atoms with E-state index in [0.717, 1.165) is 56.2 Å². The lowest BCUT2D eigenvalue weighted by Gasteiger charge is -2.40. The number of piperazine rings is 1. The summed E-state index contributed by atoms with van der Waals surface area (Å²) in [5.41, 5.74) is 2.01. The third-order valence-corrected chi connectivity index (χ3v) is 8.54.